The summed E-state index contributed by atoms with van der Waals surface area (Å²) in [5, 5.41) is 3.43. The maximum absolute atomic E-state index is 5.73. The highest BCUT2D eigenvalue weighted by molar-refractivity contribution is 5.33. The van der Waals surface area contributed by atoms with E-state index >= 15 is 0 Å². The standard InChI is InChI=1S/C15H25NO2/c1-3-5-10-16-13-14-8-6-7-9-15(14)18-12-11-17-4-2/h6-9,16H,3-5,10-13H2,1-2H3. The lowest BCUT2D eigenvalue weighted by Gasteiger charge is -2.12. The normalized spacial score (nSPS) is 10.6. The van der Waals surface area contributed by atoms with Gasteiger partial charge in [0.15, 0.2) is 0 Å². The molecule has 0 amide bonds. The summed E-state index contributed by atoms with van der Waals surface area (Å²) in [5.74, 6) is 0.959. The Labute approximate surface area is 110 Å². The lowest BCUT2D eigenvalue weighted by Crippen LogP contribution is -2.16. The molecule has 1 rings (SSSR count). The van der Waals surface area contributed by atoms with E-state index in [1.165, 1.54) is 18.4 Å². The van der Waals surface area contributed by atoms with E-state index in [-0.39, 0.29) is 0 Å². The molecular weight excluding hydrogens is 226 g/mol. The number of unbranched alkanes of at least 4 members (excludes halogenated alkanes) is 1. The van der Waals surface area contributed by atoms with Gasteiger partial charge >= 0.3 is 0 Å². The van der Waals surface area contributed by atoms with Crippen molar-refractivity contribution in [3.05, 3.63) is 29.8 Å². The molecule has 1 aromatic carbocycles. The summed E-state index contributed by atoms with van der Waals surface area (Å²) in [7, 11) is 0. The molecule has 0 fully saturated rings. The quantitative estimate of drug-likeness (QED) is 0.648. The molecule has 0 aliphatic carbocycles. The van der Waals surface area contributed by atoms with Crippen LogP contribution in [0.4, 0.5) is 0 Å². The first-order chi connectivity index (χ1) is 8.88. The molecule has 0 atom stereocenters. The Bertz CT molecular complexity index is 284. The molecular formula is C15H25NO2. The maximum Gasteiger partial charge on any atom is 0.123 e. The second kappa shape index (κ2) is 9.92. The van der Waals surface area contributed by atoms with E-state index in [4.69, 9.17) is 9.47 Å². The van der Waals surface area contributed by atoms with Crippen LogP contribution in [0.25, 0.3) is 0 Å². The smallest absolute Gasteiger partial charge is 0.123 e. The highest BCUT2D eigenvalue weighted by Gasteiger charge is 2.02. The van der Waals surface area contributed by atoms with Gasteiger partial charge in [0.2, 0.25) is 0 Å². The number of nitrogens with one attached hydrogen (secondary N) is 1. The fourth-order valence-corrected chi connectivity index (χ4v) is 1.67. The monoisotopic (exact) mass is 251 g/mol. The molecule has 18 heavy (non-hydrogen) atoms. The predicted octanol–water partition coefficient (Wildman–Crippen LogP) is 2.99. The van der Waals surface area contributed by atoms with Crippen LogP contribution in [0.2, 0.25) is 0 Å². The van der Waals surface area contributed by atoms with Gasteiger partial charge in [0, 0.05) is 18.7 Å². The zero-order chi connectivity index (χ0) is 13.1. The van der Waals surface area contributed by atoms with Crippen LogP contribution >= 0.6 is 0 Å². The van der Waals surface area contributed by atoms with Crippen molar-refractivity contribution in [1.29, 1.82) is 0 Å². The van der Waals surface area contributed by atoms with E-state index in [2.05, 4.69) is 18.3 Å². The Hall–Kier alpha value is -1.06. The first-order valence-electron chi connectivity index (χ1n) is 6.87. The average molecular weight is 251 g/mol. The Morgan fingerprint density at radius 2 is 1.94 bits per heavy atom. The third-order valence-corrected chi connectivity index (χ3v) is 2.68. The maximum atomic E-state index is 5.73. The average Bonchev–Trinajstić information content (AvgIpc) is 2.41. The van der Waals surface area contributed by atoms with E-state index in [0.29, 0.717) is 13.2 Å². The molecule has 0 bridgehead atoms. The van der Waals surface area contributed by atoms with Crippen LogP contribution in [0.3, 0.4) is 0 Å². The SMILES string of the molecule is CCCCNCc1ccccc1OCCOCC. The van der Waals surface area contributed by atoms with Crippen molar-refractivity contribution in [2.24, 2.45) is 0 Å². The van der Waals surface area contributed by atoms with Gasteiger partial charge in [0.1, 0.15) is 12.4 Å². The van der Waals surface area contributed by atoms with E-state index in [1.54, 1.807) is 0 Å². The van der Waals surface area contributed by atoms with Crippen LogP contribution in [-0.2, 0) is 11.3 Å². The van der Waals surface area contributed by atoms with Gasteiger partial charge in [-0.25, -0.2) is 0 Å². The summed E-state index contributed by atoms with van der Waals surface area (Å²) in [6, 6.07) is 8.18. The largest absolute Gasteiger partial charge is 0.491 e. The molecule has 3 heteroatoms. The summed E-state index contributed by atoms with van der Waals surface area (Å²) in [5.41, 5.74) is 1.21. The van der Waals surface area contributed by atoms with Gasteiger partial charge in [-0.3, -0.25) is 0 Å². The van der Waals surface area contributed by atoms with Gasteiger partial charge < -0.3 is 14.8 Å². The Morgan fingerprint density at radius 3 is 2.72 bits per heavy atom. The minimum Gasteiger partial charge on any atom is -0.491 e. The lowest BCUT2D eigenvalue weighted by atomic mass is 10.2. The zero-order valence-electron chi connectivity index (χ0n) is 11.6. The van der Waals surface area contributed by atoms with Gasteiger partial charge in [-0.15, -0.1) is 0 Å². The summed E-state index contributed by atoms with van der Waals surface area (Å²) in [6.45, 7) is 8.12. The lowest BCUT2D eigenvalue weighted by molar-refractivity contribution is 0.110. The van der Waals surface area contributed by atoms with Crippen LogP contribution in [0.15, 0.2) is 24.3 Å². The van der Waals surface area contributed by atoms with Crippen molar-refractivity contribution < 1.29 is 9.47 Å². The number of rotatable bonds is 10. The molecule has 1 aromatic rings. The van der Waals surface area contributed by atoms with Gasteiger partial charge in [0.05, 0.1) is 6.61 Å². The Balaban J connectivity index is 2.36. The number of ether oxygens (including phenoxy) is 2. The van der Waals surface area contributed by atoms with E-state index in [0.717, 1.165) is 25.4 Å². The van der Waals surface area contributed by atoms with Crippen LogP contribution in [0.1, 0.15) is 32.3 Å². The fraction of sp³-hybridized carbons (Fsp3) is 0.600. The van der Waals surface area contributed by atoms with E-state index < -0.39 is 0 Å². The van der Waals surface area contributed by atoms with Gasteiger partial charge in [-0.1, -0.05) is 31.5 Å². The van der Waals surface area contributed by atoms with Gasteiger partial charge in [0.25, 0.3) is 0 Å². The van der Waals surface area contributed by atoms with Crippen molar-refractivity contribution >= 4 is 0 Å². The number of hydrogen-bond acceptors (Lipinski definition) is 3. The minimum atomic E-state index is 0.611. The molecule has 0 saturated carbocycles. The molecule has 0 aliphatic rings. The minimum absolute atomic E-state index is 0.611. The highest BCUT2D eigenvalue weighted by atomic mass is 16.5. The molecule has 0 radical (unpaired) electrons. The molecule has 0 aromatic heterocycles. The number of benzene rings is 1. The fourth-order valence-electron chi connectivity index (χ4n) is 1.67. The number of para-hydroxylation sites is 1. The highest BCUT2D eigenvalue weighted by Crippen LogP contribution is 2.17. The third-order valence-electron chi connectivity index (χ3n) is 2.68. The van der Waals surface area contributed by atoms with Crippen molar-refractivity contribution in [2.45, 2.75) is 33.2 Å². The van der Waals surface area contributed by atoms with Crippen LogP contribution in [0, 0.1) is 0 Å². The second-order valence-corrected chi connectivity index (χ2v) is 4.18. The molecule has 0 heterocycles. The van der Waals surface area contributed by atoms with E-state index in [1.807, 2.05) is 25.1 Å². The molecule has 3 nitrogen and oxygen atoms in total. The summed E-state index contributed by atoms with van der Waals surface area (Å²) in [4.78, 5) is 0. The van der Waals surface area contributed by atoms with Crippen LogP contribution in [0.5, 0.6) is 5.75 Å². The van der Waals surface area contributed by atoms with Crippen LogP contribution in [-0.4, -0.2) is 26.4 Å². The summed E-state index contributed by atoms with van der Waals surface area (Å²) >= 11 is 0. The Kier molecular flexibility index (Phi) is 8.26. The first kappa shape index (κ1) is 15.0. The molecule has 0 spiro atoms. The first-order valence-corrected chi connectivity index (χ1v) is 6.87. The molecule has 1 N–H and O–H groups in total. The molecule has 102 valence electrons. The molecule has 0 saturated heterocycles. The van der Waals surface area contributed by atoms with Crippen molar-refractivity contribution in [3.8, 4) is 5.75 Å². The number of hydrogen-bond donors (Lipinski definition) is 1. The second-order valence-electron chi connectivity index (χ2n) is 4.18. The molecule has 0 unspecified atom stereocenters. The van der Waals surface area contributed by atoms with Gasteiger partial charge in [-0.05, 0) is 26.0 Å². The summed E-state index contributed by atoms with van der Waals surface area (Å²) < 4.78 is 11.0. The molecule has 0 aliphatic heterocycles. The van der Waals surface area contributed by atoms with Crippen molar-refractivity contribution in [3.63, 3.8) is 0 Å². The van der Waals surface area contributed by atoms with E-state index in [9.17, 15) is 0 Å². The predicted molar refractivity (Wildman–Crippen MR) is 75.0 cm³/mol. The van der Waals surface area contributed by atoms with Crippen molar-refractivity contribution in [2.75, 3.05) is 26.4 Å². The topological polar surface area (TPSA) is 30.5 Å². The van der Waals surface area contributed by atoms with Crippen LogP contribution < -0.4 is 10.1 Å². The third kappa shape index (κ3) is 6.03. The van der Waals surface area contributed by atoms with Crippen molar-refractivity contribution in [1.82, 2.24) is 5.32 Å². The van der Waals surface area contributed by atoms with Gasteiger partial charge in [-0.2, -0.15) is 0 Å². The zero-order valence-corrected chi connectivity index (χ0v) is 11.6. The summed E-state index contributed by atoms with van der Waals surface area (Å²) in [6.07, 6.45) is 2.44. The Morgan fingerprint density at radius 1 is 1.11 bits per heavy atom.